The number of hydrogen-bond donors (Lipinski definition) is 1. The fraction of sp³-hybridized carbons (Fsp3) is 0.500. The zero-order valence-corrected chi connectivity index (χ0v) is 14.4. The minimum Gasteiger partial charge on any atom is -0.486 e. The summed E-state index contributed by atoms with van der Waals surface area (Å²) in [6.45, 7) is 3.42. The number of carbonyl (C=O) groups excluding carboxylic acids is 1. The maximum atomic E-state index is 12.5. The molecule has 2 aliphatic heterocycles. The molecule has 2 heterocycles. The van der Waals surface area contributed by atoms with Gasteiger partial charge in [0, 0.05) is 17.6 Å². The van der Waals surface area contributed by atoms with Gasteiger partial charge in [0.05, 0.1) is 11.8 Å². The number of halogens is 1. The number of ether oxygens (including phenoxy) is 2. The predicted molar refractivity (Wildman–Crippen MR) is 85.8 cm³/mol. The Labute approximate surface area is 142 Å². The summed E-state index contributed by atoms with van der Waals surface area (Å²) in [4.78, 5) is 25.4. The molecular formula is C16H18BrNO5. The molecule has 7 heteroatoms. The standard InChI is InChI=1S/C16H18BrNO5/c1-16(15(20)21)2-3-18(9-16)14(19)7-10-6-12-13(8-11(10)17)23-5-4-22-12/h6,8H,2-5,7,9H2,1H3,(H,20,21). The molecule has 1 aromatic rings. The molecule has 124 valence electrons. The van der Waals surface area contributed by atoms with Crippen molar-refractivity contribution in [3.8, 4) is 11.5 Å². The van der Waals surface area contributed by atoms with Crippen LogP contribution in [0.25, 0.3) is 0 Å². The molecule has 3 rings (SSSR count). The van der Waals surface area contributed by atoms with E-state index >= 15 is 0 Å². The first-order valence-corrected chi connectivity index (χ1v) is 8.27. The van der Waals surface area contributed by atoms with E-state index in [1.807, 2.05) is 12.1 Å². The molecular weight excluding hydrogens is 366 g/mol. The molecule has 1 saturated heterocycles. The Balaban J connectivity index is 1.72. The van der Waals surface area contributed by atoms with Crippen LogP contribution in [-0.4, -0.2) is 48.2 Å². The van der Waals surface area contributed by atoms with Crippen molar-refractivity contribution in [2.24, 2.45) is 5.41 Å². The minimum atomic E-state index is -0.853. The van der Waals surface area contributed by atoms with Gasteiger partial charge in [-0.3, -0.25) is 9.59 Å². The first kappa shape index (κ1) is 16.1. The van der Waals surface area contributed by atoms with Gasteiger partial charge in [0.1, 0.15) is 13.2 Å². The second kappa shape index (κ2) is 6.03. The summed E-state index contributed by atoms with van der Waals surface area (Å²) in [5.74, 6) is 0.374. The maximum Gasteiger partial charge on any atom is 0.311 e. The molecule has 23 heavy (non-hydrogen) atoms. The summed E-state index contributed by atoms with van der Waals surface area (Å²) in [5.41, 5.74) is -0.0390. The van der Waals surface area contributed by atoms with Crippen LogP contribution < -0.4 is 9.47 Å². The number of hydrogen-bond acceptors (Lipinski definition) is 4. The number of carbonyl (C=O) groups is 2. The number of amides is 1. The smallest absolute Gasteiger partial charge is 0.311 e. The molecule has 1 fully saturated rings. The second-order valence-corrected chi connectivity index (χ2v) is 7.05. The molecule has 0 radical (unpaired) electrons. The lowest BCUT2D eigenvalue weighted by atomic mass is 9.90. The highest BCUT2D eigenvalue weighted by atomic mass is 79.9. The Bertz CT molecular complexity index is 662. The molecule has 1 unspecified atom stereocenters. The number of carboxylic acid groups (broad SMARTS) is 1. The number of rotatable bonds is 3. The Kier molecular flexibility index (Phi) is 4.23. The van der Waals surface area contributed by atoms with Gasteiger partial charge in [0.2, 0.25) is 5.91 Å². The zero-order valence-electron chi connectivity index (χ0n) is 12.8. The van der Waals surface area contributed by atoms with Crippen LogP contribution in [0.2, 0.25) is 0 Å². The molecule has 0 aromatic heterocycles. The average Bonchev–Trinajstić information content (AvgIpc) is 2.92. The topological polar surface area (TPSA) is 76.1 Å². The third kappa shape index (κ3) is 3.15. The second-order valence-electron chi connectivity index (χ2n) is 6.20. The van der Waals surface area contributed by atoms with E-state index < -0.39 is 11.4 Å². The fourth-order valence-electron chi connectivity index (χ4n) is 2.86. The first-order valence-electron chi connectivity index (χ1n) is 7.48. The lowest BCUT2D eigenvalue weighted by molar-refractivity contribution is -0.147. The van der Waals surface area contributed by atoms with Gasteiger partial charge in [-0.05, 0) is 31.0 Å². The molecule has 0 spiro atoms. The summed E-state index contributed by atoms with van der Waals surface area (Å²) in [5, 5.41) is 9.26. The van der Waals surface area contributed by atoms with E-state index in [4.69, 9.17) is 9.47 Å². The lowest BCUT2D eigenvalue weighted by Crippen LogP contribution is -2.35. The van der Waals surface area contributed by atoms with Crippen molar-refractivity contribution < 1.29 is 24.2 Å². The maximum absolute atomic E-state index is 12.5. The summed E-state index contributed by atoms with van der Waals surface area (Å²) in [7, 11) is 0. The van der Waals surface area contributed by atoms with Crippen LogP contribution in [0.4, 0.5) is 0 Å². The predicted octanol–water partition coefficient (Wildman–Crippen LogP) is 2.09. The first-order chi connectivity index (χ1) is 10.9. The van der Waals surface area contributed by atoms with Crippen LogP contribution in [0.15, 0.2) is 16.6 Å². The van der Waals surface area contributed by atoms with Gasteiger partial charge in [0.25, 0.3) is 0 Å². The monoisotopic (exact) mass is 383 g/mol. The van der Waals surface area contributed by atoms with Crippen LogP contribution in [0.3, 0.4) is 0 Å². The van der Waals surface area contributed by atoms with Gasteiger partial charge in [-0.2, -0.15) is 0 Å². The van der Waals surface area contributed by atoms with Gasteiger partial charge in [-0.25, -0.2) is 0 Å². The van der Waals surface area contributed by atoms with Gasteiger partial charge in [0.15, 0.2) is 11.5 Å². The molecule has 0 saturated carbocycles. The van der Waals surface area contributed by atoms with Crippen molar-refractivity contribution in [1.82, 2.24) is 4.90 Å². The molecule has 1 amide bonds. The molecule has 6 nitrogen and oxygen atoms in total. The van der Waals surface area contributed by atoms with Crippen LogP contribution >= 0.6 is 15.9 Å². The number of benzene rings is 1. The summed E-state index contributed by atoms with van der Waals surface area (Å²) in [6, 6.07) is 3.62. The van der Waals surface area contributed by atoms with Crippen molar-refractivity contribution in [2.75, 3.05) is 26.3 Å². The number of carboxylic acids is 1. The van der Waals surface area contributed by atoms with Gasteiger partial charge < -0.3 is 19.5 Å². The van der Waals surface area contributed by atoms with Crippen molar-refractivity contribution in [3.63, 3.8) is 0 Å². The number of likely N-dealkylation sites (tertiary alicyclic amines) is 1. The van der Waals surface area contributed by atoms with Gasteiger partial charge in [-0.15, -0.1) is 0 Å². The molecule has 1 aromatic carbocycles. The Morgan fingerprint density at radius 2 is 1.96 bits per heavy atom. The quantitative estimate of drug-likeness (QED) is 0.864. The highest BCUT2D eigenvalue weighted by Crippen LogP contribution is 2.36. The van der Waals surface area contributed by atoms with Crippen LogP contribution in [0.5, 0.6) is 11.5 Å². The molecule has 1 N–H and O–H groups in total. The third-order valence-electron chi connectivity index (χ3n) is 4.40. The van der Waals surface area contributed by atoms with Crippen molar-refractivity contribution in [1.29, 1.82) is 0 Å². The number of nitrogens with zero attached hydrogens (tertiary/aromatic N) is 1. The van der Waals surface area contributed by atoms with Crippen LogP contribution in [-0.2, 0) is 16.0 Å². The SMILES string of the molecule is CC1(C(=O)O)CCN(C(=O)Cc2cc3c(cc2Br)OCCO3)C1. The van der Waals surface area contributed by atoms with Crippen molar-refractivity contribution >= 4 is 27.8 Å². The van der Waals surface area contributed by atoms with E-state index in [9.17, 15) is 14.7 Å². The lowest BCUT2D eigenvalue weighted by Gasteiger charge is -2.22. The van der Waals surface area contributed by atoms with E-state index in [1.165, 1.54) is 0 Å². The van der Waals surface area contributed by atoms with Crippen LogP contribution in [0.1, 0.15) is 18.9 Å². The van der Waals surface area contributed by atoms with Gasteiger partial charge in [-0.1, -0.05) is 15.9 Å². The normalized spacial score (nSPS) is 23.0. The molecule has 1 atom stereocenters. The van der Waals surface area contributed by atoms with E-state index in [-0.39, 0.29) is 18.9 Å². The summed E-state index contributed by atoms with van der Waals surface area (Å²) in [6.07, 6.45) is 0.684. The van der Waals surface area contributed by atoms with E-state index in [1.54, 1.807) is 11.8 Å². The Morgan fingerprint density at radius 1 is 1.30 bits per heavy atom. The van der Waals surface area contributed by atoms with Crippen LogP contribution in [0, 0.1) is 5.41 Å². The van der Waals surface area contributed by atoms with E-state index in [0.717, 1.165) is 10.0 Å². The number of fused-ring (bicyclic) bond motifs is 1. The number of aliphatic carboxylic acids is 1. The minimum absolute atomic E-state index is 0.0765. The van der Waals surface area contributed by atoms with E-state index in [0.29, 0.717) is 37.7 Å². The average molecular weight is 384 g/mol. The largest absolute Gasteiger partial charge is 0.486 e. The molecule has 2 aliphatic rings. The Hall–Kier alpha value is -1.76. The van der Waals surface area contributed by atoms with E-state index in [2.05, 4.69) is 15.9 Å². The molecule has 0 aliphatic carbocycles. The highest BCUT2D eigenvalue weighted by molar-refractivity contribution is 9.10. The van der Waals surface area contributed by atoms with Crippen molar-refractivity contribution in [3.05, 3.63) is 22.2 Å². The van der Waals surface area contributed by atoms with Crippen molar-refractivity contribution in [2.45, 2.75) is 19.8 Å². The van der Waals surface area contributed by atoms with Gasteiger partial charge >= 0.3 is 5.97 Å². The Morgan fingerprint density at radius 3 is 2.57 bits per heavy atom. The zero-order chi connectivity index (χ0) is 16.6. The summed E-state index contributed by atoms with van der Waals surface area (Å²) < 4.78 is 11.8. The highest BCUT2D eigenvalue weighted by Gasteiger charge is 2.42. The third-order valence-corrected chi connectivity index (χ3v) is 5.13. The summed E-state index contributed by atoms with van der Waals surface area (Å²) >= 11 is 3.46. The molecule has 0 bridgehead atoms. The fourth-order valence-corrected chi connectivity index (χ4v) is 3.33.